The third kappa shape index (κ3) is 4.83. The summed E-state index contributed by atoms with van der Waals surface area (Å²) in [6, 6.07) is 9.10. The van der Waals surface area contributed by atoms with Crippen LogP contribution in [0, 0.1) is 11.3 Å². The van der Waals surface area contributed by atoms with Crippen molar-refractivity contribution in [3.05, 3.63) is 41.2 Å². The van der Waals surface area contributed by atoms with Crippen molar-refractivity contribution in [1.29, 1.82) is 5.26 Å². The molecule has 7 heteroatoms. The van der Waals surface area contributed by atoms with Gasteiger partial charge in [-0.1, -0.05) is 12.1 Å². The summed E-state index contributed by atoms with van der Waals surface area (Å²) in [6.45, 7) is 2.19. The second kappa shape index (κ2) is 9.02. The number of nitriles is 1. The minimum atomic E-state index is -0.743. The molecule has 0 aliphatic rings. The highest BCUT2D eigenvalue weighted by Crippen LogP contribution is 2.12. The summed E-state index contributed by atoms with van der Waals surface area (Å²) in [5.74, 6) is 0.0656. The molecule has 22 heavy (non-hydrogen) atoms. The number of esters is 1. The number of nitrogens with one attached hydrogen (secondary N) is 1. The molecule has 7 nitrogen and oxygen atoms in total. The van der Waals surface area contributed by atoms with Gasteiger partial charge in [0.2, 0.25) is 0 Å². The zero-order valence-corrected chi connectivity index (χ0v) is 12.5. The van der Waals surface area contributed by atoms with Gasteiger partial charge in [-0.15, -0.1) is 0 Å². The number of methoxy groups -OCH3 is 1. The maximum Gasteiger partial charge on any atom is 0.352 e. The predicted octanol–water partition coefficient (Wildman–Crippen LogP) is 1.07. The topological polar surface area (TPSA) is 110 Å². The van der Waals surface area contributed by atoms with Gasteiger partial charge in [0.25, 0.3) is 0 Å². The van der Waals surface area contributed by atoms with Crippen LogP contribution in [0.1, 0.15) is 12.5 Å². The molecule has 0 aliphatic heterocycles. The van der Waals surface area contributed by atoms with Gasteiger partial charge in [-0.2, -0.15) is 5.26 Å². The molecule has 0 saturated carbocycles. The molecule has 0 spiro atoms. The summed E-state index contributed by atoms with van der Waals surface area (Å²) in [6.07, 6.45) is 1.01. The molecule has 0 amide bonds. The van der Waals surface area contributed by atoms with E-state index in [9.17, 15) is 4.79 Å². The van der Waals surface area contributed by atoms with Crippen LogP contribution in [0.5, 0.6) is 5.75 Å². The first-order chi connectivity index (χ1) is 10.7. The lowest BCUT2D eigenvalue weighted by molar-refractivity contribution is -0.138. The molecule has 0 unspecified atom stereocenters. The van der Waals surface area contributed by atoms with E-state index >= 15 is 0 Å². The average Bonchev–Trinajstić information content (AvgIpc) is 2.54. The van der Waals surface area contributed by atoms with Gasteiger partial charge in [-0.3, -0.25) is 0 Å². The average molecular weight is 302 g/mol. The third-order valence-corrected chi connectivity index (χ3v) is 2.65. The molecule has 0 fully saturated rings. The predicted molar refractivity (Wildman–Crippen MR) is 81.8 cm³/mol. The lowest BCUT2D eigenvalue weighted by Crippen LogP contribution is -2.19. The molecule has 116 valence electrons. The highest BCUT2D eigenvalue weighted by molar-refractivity contribution is 5.93. The minimum absolute atomic E-state index is 0.0688. The molecule has 1 aromatic rings. The molecular formula is C15H18N4O3. The normalized spacial score (nSPS) is 11.5. The molecule has 0 atom stereocenters. The van der Waals surface area contributed by atoms with Crippen molar-refractivity contribution in [1.82, 2.24) is 5.32 Å². The van der Waals surface area contributed by atoms with E-state index in [1.165, 1.54) is 0 Å². The van der Waals surface area contributed by atoms with Crippen LogP contribution in [0.3, 0.4) is 0 Å². The van der Waals surface area contributed by atoms with Crippen molar-refractivity contribution in [2.75, 3.05) is 13.7 Å². The van der Waals surface area contributed by atoms with Gasteiger partial charge in [0, 0.05) is 6.54 Å². The van der Waals surface area contributed by atoms with Gasteiger partial charge in [0.05, 0.1) is 20.1 Å². The first kappa shape index (κ1) is 17.0. The van der Waals surface area contributed by atoms with Crippen LogP contribution in [-0.4, -0.2) is 26.0 Å². The number of aliphatic imine (C=N–C) groups is 1. The van der Waals surface area contributed by atoms with Crippen LogP contribution >= 0.6 is 0 Å². The minimum Gasteiger partial charge on any atom is -0.497 e. The summed E-state index contributed by atoms with van der Waals surface area (Å²) >= 11 is 0. The van der Waals surface area contributed by atoms with Crippen LogP contribution in [-0.2, 0) is 16.1 Å². The third-order valence-electron chi connectivity index (χ3n) is 2.65. The van der Waals surface area contributed by atoms with Crippen molar-refractivity contribution in [3.8, 4) is 11.8 Å². The Morgan fingerprint density at radius 2 is 2.14 bits per heavy atom. The molecule has 0 saturated heterocycles. The highest BCUT2D eigenvalue weighted by atomic mass is 16.5. The quantitative estimate of drug-likeness (QED) is 0.256. The second-order valence-electron chi connectivity index (χ2n) is 4.04. The number of ether oxygens (including phenoxy) is 2. The molecule has 0 radical (unpaired) electrons. The molecule has 0 aliphatic carbocycles. The van der Waals surface area contributed by atoms with E-state index in [4.69, 9.17) is 20.5 Å². The smallest absolute Gasteiger partial charge is 0.352 e. The largest absolute Gasteiger partial charge is 0.497 e. The molecule has 0 heterocycles. The number of hydrogen-bond donors (Lipinski definition) is 2. The maximum absolute atomic E-state index is 11.7. The number of carbonyl (C=O) groups excluding carboxylic acids is 1. The van der Waals surface area contributed by atoms with Crippen molar-refractivity contribution in [2.45, 2.75) is 13.5 Å². The van der Waals surface area contributed by atoms with E-state index in [1.54, 1.807) is 20.1 Å². The standard InChI is InChI=1S/C15H18N4O3/c1-3-22-15(20)13(8-16)14(19-10-17)18-9-11-4-6-12(21-2)7-5-11/h4-7,10,18H,3,9H2,1-2H3,(H2,17,19)/b14-13+. The zero-order chi connectivity index (χ0) is 16.4. The molecule has 0 bridgehead atoms. The van der Waals surface area contributed by atoms with Crippen LogP contribution in [0.15, 0.2) is 40.7 Å². The number of rotatable bonds is 7. The molecule has 1 aromatic carbocycles. The lowest BCUT2D eigenvalue weighted by atomic mass is 10.2. The van der Waals surface area contributed by atoms with Crippen LogP contribution in [0.4, 0.5) is 0 Å². The van der Waals surface area contributed by atoms with E-state index in [-0.39, 0.29) is 18.0 Å². The Morgan fingerprint density at radius 3 is 2.64 bits per heavy atom. The Labute approximate surface area is 129 Å². The summed E-state index contributed by atoms with van der Waals surface area (Å²) < 4.78 is 9.89. The fourth-order valence-corrected chi connectivity index (χ4v) is 1.60. The highest BCUT2D eigenvalue weighted by Gasteiger charge is 2.16. The van der Waals surface area contributed by atoms with E-state index < -0.39 is 5.97 Å². The molecule has 1 rings (SSSR count). The number of hydrogen-bond acceptors (Lipinski definition) is 6. The first-order valence-corrected chi connectivity index (χ1v) is 6.58. The Morgan fingerprint density at radius 1 is 1.45 bits per heavy atom. The van der Waals surface area contributed by atoms with Crippen molar-refractivity contribution >= 4 is 12.3 Å². The van der Waals surface area contributed by atoms with Gasteiger partial charge >= 0.3 is 5.97 Å². The SMILES string of the molecule is CCOC(=O)/C(C#N)=C(/N=CN)NCc1ccc(OC)cc1. The summed E-state index contributed by atoms with van der Waals surface area (Å²) in [5.41, 5.74) is 5.96. The second-order valence-corrected chi connectivity index (χ2v) is 4.04. The lowest BCUT2D eigenvalue weighted by Gasteiger charge is -2.09. The van der Waals surface area contributed by atoms with Gasteiger partial charge in [-0.25, -0.2) is 9.79 Å². The molecule has 3 N–H and O–H groups in total. The Hall–Kier alpha value is -3.01. The fraction of sp³-hybridized carbons (Fsp3) is 0.267. The van der Waals surface area contributed by atoms with Crippen molar-refractivity contribution in [2.24, 2.45) is 10.7 Å². The monoisotopic (exact) mass is 302 g/mol. The van der Waals surface area contributed by atoms with Crippen LogP contribution < -0.4 is 15.8 Å². The van der Waals surface area contributed by atoms with Gasteiger partial charge in [0.1, 0.15) is 11.8 Å². The Bertz CT molecular complexity index is 600. The number of carbonyl (C=O) groups is 1. The molecule has 0 aromatic heterocycles. The maximum atomic E-state index is 11.7. The van der Waals surface area contributed by atoms with Gasteiger partial charge < -0.3 is 20.5 Å². The first-order valence-electron chi connectivity index (χ1n) is 6.58. The summed E-state index contributed by atoms with van der Waals surface area (Å²) in [5, 5.41) is 12.0. The van der Waals surface area contributed by atoms with E-state index in [1.807, 2.05) is 24.3 Å². The van der Waals surface area contributed by atoms with E-state index in [2.05, 4.69) is 10.3 Å². The van der Waals surface area contributed by atoms with Crippen LogP contribution in [0.25, 0.3) is 0 Å². The number of nitrogens with zero attached hydrogens (tertiary/aromatic N) is 2. The van der Waals surface area contributed by atoms with Crippen LogP contribution in [0.2, 0.25) is 0 Å². The summed E-state index contributed by atoms with van der Waals surface area (Å²) in [7, 11) is 1.59. The zero-order valence-electron chi connectivity index (χ0n) is 12.5. The summed E-state index contributed by atoms with van der Waals surface area (Å²) in [4.78, 5) is 15.5. The fourth-order valence-electron chi connectivity index (χ4n) is 1.60. The van der Waals surface area contributed by atoms with E-state index in [0.29, 0.717) is 6.54 Å². The molecular weight excluding hydrogens is 284 g/mol. The van der Waals surface area contributed by atoms with Gasteiger partial charge in [-0.05, 0) is 24.6 Å². The Kier molecular flexibility index (Phi) is 6.99. The van der Waals surface area contributed by atoms with E-state index in [0.717, 1.165) is 17.7 Å². The number of nitrogens with two attached hydrogens (primary N) is 1. The van der Waals surface area contributed by atoms with Gasteiger partial charge in [0.15, 0.2) is 11.4 Å². The van der Waals surface area contributed by atoms with Crippen molar-refractivity contribution in [3.63, 3.8) is 0 Å². The number of benzene rings is 1. The Balaban J connectivity index is 2.91. The van der Waals surface area contributed by atoms with Crippen molar-refractivity contribution < 1.29 is 14.3 Å².